The molecule has 3 N–H and O–H groups in total. The topological polar surface area (TPSA) is 54.7 Å². The Morgan fingerprint density at radius 1 is 1.30 bits per heavy atom. The second-order valence-corrected chi connectivity index (χ2v) is 6.13. The monoisotopic (exact) mass is 311 g/mol. The lowest BCUT2D eigenvalue weighted by Crippen LogP contribution is -2.15. The predicted molar refractivity (Wildman–Crippen MR) is 85.3 cm³/mol. The lowest BCUT2D eigenvalue weighted by Gasteiger charge is -2.14. The minimum Gasteiger partial charge on any atom is -0.342 e. The van der Waals surface area contributed by atoms with Crippen LogP contribution in [0.15, 0.2) is 24.4 Å². The first-order valence-corrected chi connectivity index (χ1v) is 7.47. The van der Waals surface area contributed by atoms with Crippen molar-refractivity contribution in [2.45, 2.75) is 26.2 Å². The Morgan fingerprint density at radius 2 is 2.05 bits per heavy atom. The minimum absolute atomic E-state index is 0.238. The van der Waals surface area contributed by atoms with Crippen LogP contribution < -0.4 is 5.73 Å². The molecule has 0 fully saturated rings. The maximum absolute atomic E-state index is 6.23. The molecule has 1 aromatic heterocycles. The van der Waals surface area contributed by atoms with Gasteiger partial charge in [-0.05, 0) is 18.4 Å². The second-order valence-electron chi connectivity index (χ2n) is 5.35. The number of hydrogen-bond acceptors (Lipinski definition) is 2. The van der Waals surface area contributed by atoms with Crippen LogP contribution in [0.3, 0.4) is 0 Å². The molecule has 0 aliphatic rings. The smallest absolute Gasteiger partial charge is 0.110 e. The number of benzene rings is 1. The highest BCUT2D eigenvalue weighted by molar-refractivity contribution is 6.43. The molecule has 5 heteroatoms. The molecule has 108 valence electrons. The molecule has 2 aromatic rings. The summed E-state index contributed by atoms with van der Waals surface area (Å²) in [4.78, 5) is 7.77. The maximum Gasteiger partial charge on any atom is 0.110 e. The zero-order valence-electron chi connectivity index (χ0n) is 11.7. The average Bonchev–Trinajstić information content (AvgIpc) is 2.88. The van der Waals surface area contributed by atoms with Crippen LogP contribution in [0.25, 0.3) is 11.3 Å². The SMILES string of the molecule is CC(C)CC(CN)c1ncc(-c2cccc(Cl)c2Cl)[nH]1. The van der Waals surface area contributed by atoms with E-state index in [4.69, 9.17) is 28.9 Å². The van der Waals surface area contributed by atoms with Gasteiger partial charge in [-0.2, -0.15) is 0 Å². The van der Waals surface area contributed by atoms with Crippen molar-refractivity contribution in [1.82, 2.24) is 9.97 Å². The number of nitrogens with two attached hydrogens (primary N) is 1. The van der Waals surface area contributed by atoms with Crippen LogP contribution in [-0.2, 0) is 0 Å². The molecule has 3 nitrogen and oxygen atoms in total. The van der Waals surface area contributed by atoms with Gasteiger partial charge in [-0.25, -0.2) is 4.98 Å². The average molecular weight is 312 g/mol. The van der Waals surface area contributed by atoms with E-state index in [1.54, 1.807) is 12.3 Å². The van der Waals surface area contributed by atoms with Crippen LogP contribution in [0.1, 0.15) is 32.0 Å². The summed E-state index contributed by atoms with van der Waals surface area (Å²) in [5.74, 6) is 1.72. The molecule has 0 saturated heterocycles. The number of halogens is 2. The fourth-order valence-electron chi connectivity index (χ4n) is 2.28. The highest BCUT2D eigenvalue weighted by Gasteiger charge is 2.16. The lowest BCUT2D eigenvalue weighted by atomic mass is 9.97. The molecular weight excluding hydrogens is 293 g/mol. The summed E-state index contributed by atoms with van der Waals surface area (Å²) in [6, 6.07) is 5.57. The van der Waals surface area contributed by atoms with E-state index in [1.165, 1.54) is 0 Å². The number of nitrogens with zero attached hydrogens (tertiary/aromatic N) is 1. The number of aromatic nitrogens is 2. The van der Waals surface area contributed by atoms with Gasteiger partial charge in [0.15, 0.2) is 0 Å². The summed E-state index contributed by atoms with van der Waals surface area (Å²) >= 11 is 12.3. The normalized spacial score (nSPS) is 12.9. The molecule has 1 atom stereocenters. The minimum atomic E-state index is 0.238. The van der Waals surface area contributed by atoms with Gasteiger partial charge in [-0.1, -0.05) is 49.2 Å². The molecule has 1 unspecified atom stereocenters. The van der Waals surface area contributed by atoms with E-state index in [2.05, 4.69) is 23.8 Å². The van der Waals surface area contributed by atoms with Crippen LogP contribution in [-0.4, -0.2) is 16.5 Å². The van der Waals surface area contributed by atoms with E-state index in [-0.39, 0.29) is 5.92 Å². The highest BCUT2D eigenvalue weighted by atomic mass is 35.5. The molecule has 0 radical (unpaired) electrons. The number of aromatic amines is 1. The van der Waals surface area contributed by atoms with Gasteiger partial charge in [0.05, 0.1) is 21.9 Å². The molecule has 0 amide bonds. The first-order valence-electron chi connectivity index (χ1n) is 6.72. The van der Waals surface area contributed by atoms with Crippen molar-refractivity contribution in [3.63, 3.8) is 0 Å². The first-order chi connectivity index (χ1) is 9.52. The third-order valence-electron chi connectivity index (χ3n) is 3.26. The Balaban J connectivity index is 2.30. The third kappa shape index (κ3) is 3.35. The summed E-state index contributed by atoms with van der Waals surface area (Å²) in [7, 11) is 0. The molecule has 1 heterocycles. The zero-order valence-corrected chi connectivity index (χ0v) is 13.2. The van der Waals surface area contributed by atoms with E-state index < -0.39 is 0 Å². The zero-order chi connectivity index (χ0) is 14.7. The molecule has 0 bridgehead atoms. The van der Waals surface area contributed by atoms with Gasteiger partial charge < -0.3 is 10.7 Å². The van der Waals surface area contributed by atoms with Gasteiger partial charge in [0, 0.05) is 18.0 Å². The third-order valence-corrected chi connectivity index (χ3v) is 4.08. The van der Waals surface area contributed by atoms with Crippen LogP contribution in [0.5, 0.6) is 0 Å². The fourth-order valence-corrected chi connectivity index (χ4v) is 2.68. The van der Waals surface area contributed by atoms with Crippen molar-refractivity contribution in [2.75, 3.05) is 6.54 Å². The van der Waals surface area contributed by atoms with Gasteiger partial charge in [-0.15, -0.1) is 0 Å². The number of nitrogens with one attached hydrogen (secondary N) is 1. The molecular formula is C15H19Cl2N3. The van der Waals surface area contributed by atoms with E-state index >= 15 is 0 Å². The Bertz CT molecular complexity index is 578. The first kappa shape index (κ1) is 15.4. The lowest BCUT2D eigenvalue weighted by molar-refractivity contribution is 0.490. The Morgan fingerprint density at radius 3 is 2.70 bits per heavy atom. The van der Waals surface area contributed by atoms with Crippen molar-refractivity contribution >= 4 is 23.2 Å². The van der Waals surface area contributed by atoms with Crippen molar-refractivity contribution in [2.24, 2.45) is 11.7 Å². The number of H-pyrrole nitrogens is 1. The maximum atomic E-state index is 6.23. The highest BCUT2D eigenvalue weighted by Crippen LogP contribution is 2.33. The molecule has 0 spiro atoms. The molecule has 0 aliphatic carbocycles. The molecule has 2 rings (SSSR count). The summed E-state index contributed by atoms with van der Waals surface area (Å²) in [5.41, 5.74) is 7.58. The second kappa shape index (κ2) is 6.61. The van der Waals surface area contributed by atoms with E-state index in [9.17, 15) is 0 Å². The molecule has 0 aliphatic heterocycles. The summed E-state index contributed by atoms with van der Waals surface area (Å²) < 4.78 is 0. The fraction of sp³-hybridized carbons (Fsp3) is 0.400. The van der Waals surface area contributed by atoms with Crippen molar-refractivity contribution in [3.8, 4) is 11.3 Å². The van der Waals surface area contributed by atoms with Gasteiger partial charge in [0.2, 0.25) is 0 Å². The van der Waals surface area contributed by atoms with Crippen molar-refractivity contribution < 1.29 is 0 Å². The van der Waals surface area contributed by atoms with Crippen LogP contribution in [0, 0.1) is 5.92 Å². The van der Waals surface area contributed by atoms with E-state index in [0.29, 0.717) is 22.5 Å². The van der Waals surface area contributed by atoms with Crippen molar-refractivity contribution in [1.29, 1.82) is 0 Å². The van der Waals surface area contributed by atoms with Crippen molar-refractivity contribution in [3.05, 3.63) is 40.3 Å². The van der Waals surface area contributed by atoms with Gasteiger partial charge in [0.25, 0.3) is 0 Å². The Kier molecular flexibility index (Phi) is 5.08. The molecule has 1 aromatic carbocycles. The van der Waals surface area contributed by atoms with E-state index in [1.807, 2.05) is 12.1 Å². The van der Waals surface area contributed by atoms with E-state index in [0.717, 1.165) is 23.5 Å². The standard InChI is InChI=1S/C15H19Cl2N3/c1-9(2)6-10(7-18)15-19-8-13(20-15)11-4-3-5-12(16)14(11)17/h3-5,8-10H,6-7,18H2,1-2H3,(H,19,20). The van der Waals surface area contributed by atoms with Crippen LogP contribution in [0.4, 0.5) is 0 Å². The molecule has 0 saturated carbocycles. The summed E-state index contributed by atoms with van der Waals surface area (Å²) in [5, 5.41) is 1.08. The van der Waals surface area contributed by atoms with Gasteiger partial charge in [0.1, 0.15) is 5.82 Å². The summed E-state index contributed by atoms with van der Waals surface area (Å²) in [6.45, 7) is 4.94. The quantitative estimate of drug-likeness (QED) is 0.855. The number of rotatable bonds is 5. The Labute approximate surface area is 129 Å². The predicted octanol–water partition coefficient (Wildman–Crippen LogP) is 4.47. The largest absolute Gasteiger partial charge is 0.342 e. The van der Waals surface area contributed by atoms with Crippen LogP contribution in [0.2, 0.25) is 10.0 Å². The van der Waals surface area contributed by atoms with Crippen LogP contribution >= 0.6 is 23.2 Å². The molecule has 20 heavy (non-hydrogen) atoms. The Hall–Kier alpha value is -1.03. The van der Waals surface area contributed by atoms with Gasteiger partial charge in [-0.3, -0.25) is 0 Å². The number of hydrogen-bond donors (Lipinski definition) is 2. The van der Waals surface area contributed by atoms with Gasteiger partial charge >= 0.3 is 0 Å². The summed E-state index contributed by atoms with van der Waals surface area (Å²) in [6.07, 6.45) is 2.79. The number of imidazole rings is 1.